The molecule has 1 nitrogen and oxygen atoms in total. The van der Waals surface area contributed by atoms with Gasteiger partial charge < -0.3 is 4.90 Å². The number of hydrogen-bond acceptors (Lipinski definition) is 1. The van der Waals surface area contributed by atoms with Crippen LogP contribution in [0.5, 0.6) is 0 Å². The lowest BCUT2D eigenvalue weighted by atomic mass is 9.74. The first-order valence-corrected chi connectivity index (χ1v) is 20.5. The van der Waals surface area contributed by atoms with Crippen molar-refractivity contribution in [2.45, 2.75) is 12.3 Å². The van der Waals surface area contributed by atoms with Gasteiger partial charge in [0.25, 0.3) is 0 Å². The Hall–Kier alpha value is -7.48. The van der Waals surface area contributed by atoms with Crippen molar-refractivity contribution >= 4 is 38.6 Å². The van der Waals surface area contributed by atoms with Gasteiger partial charge in [0.1, 0.15) is 0 Å². The van der Waals surface area contributed by atoms with E-state index in [1.165, 1.54) is 82.7 Å². The average molecular weight is 752 g/mol. The third-order valence-corrected chi connectivity index (χ3v) is 12.5. The van der Waals surface area contributed by atoms with Crippen LogP contribution in [0.3, 0.4) is 0 Å². The zero-order chi connectivity index (χ0) is 39.3. The van der Waals surface area contributed by atoms with Crippen LogP contribution in [0.15, 0.2) is 231 Å². The molecule has 1 atom stereocenters. The predicted octanol–water partition coefficient (Wildman–Crippen LogP) is 15.8. The SMILES string of the molecule is CC1(c2ccccc2)c2ccccc2-c2ccc(N(c3ccc(-c4ccc5ccccc5c4)cc3)c3ccccc3-c3cccc4cccc(-c5ccccc5)c34)cc21. The van der Waals surface area contributed by atoms with Gasteiger partial charge in [0.15, 0.2) is 0 Å². The zero-order valence-electron chi connectivity index (χ0n) is 32.9. The minimum absolute atomic E-state index is 0.325. The fraction of sp³-hybridized carbons (Fsp3) is 0.0345. The summed E-state index contributed by atoms with van der Waals surface area (Å²) < 4.78 is 0. The molecule has 0 bridgehead atoms. The van der Waals surface area contributed by atoms with Crippen molar-refractivity contribution in [3.8, 4) is 44.5 Å². The normalized spacial score (nSPS) is 14.3. The molecule has 0 amide bonds. The van der Waals surface area contributed by atoms with Gasteiger partial charge in [0.2, 0.25) is 0 Å². The maximum Gasteiger partial charge on any atom is 0.0540 e. The van der Waals surface area contributed by atoms with E-state index in [4.69, 9.17) is 0 Å². The first-order valence-electron chi connectivity index (χ1n) is 20.5. The summed E-state index contributed by atoms with van der Waals surface area (Å²) in [7, 11) is 0. The van der Waals surface area contributed by atoms with Crippen LogP contribution in [0.4, 0.5) is 17.1 Å². The third kappa shape index (κ3) is 5.77. The molecule has 0 spiro atoms. The molecule has 0 fully saturated rings. The number of fused-ring (bicyclic) bond motifs is 5. The van der Waals surface area contributed by atoms with E-state index in [-0.39, 0.29) is 5.41 Å². The van der Waals surface area contributed by atoms with Crippen molar-refractivity contribution in [2.24, 2.45) is 0 Å². The van der Waals surface area contributed by atoms with E-state index < -0.39 is 0 Å². The summed E-state index contributed by atoms with van der Waals surface area (Å²) in [5, 5.41) is 4.97. The highest BCUT2D eigenvalue weighted by molar-refractivity contribution is 6.09. The molecule has 10 aromatic carbocycles. The minimum atomic E-state index is -0.325. The molecule has 278 valence electrons. The predicted molar refractivity (Wildman–Crippen MR) is 250 cm³/mol. The van der Waals surface area contributed by atoms with Crippen LogP contribution < -0.4 is 4.90 Å². The molecule has 11 rings (SSSR count). The molecular formula is C58H41N. The molecule has 1 unspecified atom stereocenters. The van der Waals surface area contributed by atoms with Gasteiger partial charge in [-0.05, 0) is 121 Å². The second-order valence-electron chi connectivity index (χ2n) is 15.8. The Kier molecular flexibility index (Phi) is 8.34. The van der Waals surface area contributed by atoms with Gasteiger partial charge >= 0.3 is 0 Å². The minimum Gasteiger partial charge on any atom is -0.310 e. The summed E-state index contributed by atoms with van der Waals surface area (Å²) in [6.07, 6.45) is 0. The summed E-state index contributed by atoms with van der Waals surface area (Å²) in [6, 6.07) is 84.6. The van der Waals surface area contributed by atoms with E-state index in [1.807, 2.05) is 0 Å². The molecule has 0 aromatic heterocycles. The van der Waals surface area contributed by atoms with E-state index in [1.54, 1.807) is 0 Å². The summed E-state index contributed by atoms with van der Waals surface area (Å²) >= 11 is 0. The van der Waals surface area contributed by atoms with Crippen molar-refractivity contribution in [2.75, 3.05) is 4.90 Å². The quantitative estimate of drug-likeness (QED) is 0.157. The van der Waals surface area contributed by atoms with Crippen LogP contribution >= 0.6 is 0 Å². The smallest absolute Gasteiger partial charge is 0.0540 e. The Bertz CT molecular complexity index is 3160. The third-order valence-electron chi connectivity index (χ3n) is 12.5. The van der Waals surface area contributed by atoms with E-state index in [0.29, 0.717) is 0 Å². The topological polar surface area (TPSA) is 3.24 Å². The van der Waals surface area contributed by atoms with Crippen molar-refractivity contribution in [1.29, 1.82) is 0 Å². The molecular weight excluding hydrogens is 711 g/mol. The Labute approximate surface area is 346 Å². The van der Waals surface area contributed by atoms with Crippen molar-refractivity contribution in [3.63, 3.8) is 0 Å². The molecule has 1 heteroatoms. The van der Waals surface area contributed by atoms with Crippen LogP contribution in [-0.4, -0.2) is 0 Å². The Balaban J connectivity index is 1.13. The Morgan fingerprint density at radius 3 is 1.69 bits per heavy atom. The number of benzene rings is 10. The Morgan fingerprint density at radius 2 is 0.898 bits per heavy atom. The molecule has 0 heterocycles. The lowest BCUT2D eigenvalue weighted by Gasteiger charge is -2.32. The number of hydrogen-bond donors (Lipinski definition) is 0. The van der Waals surface area contributed by atoms with Gasteiger partial charge in [-0.1, -0.05) is 194 Å². The second kappa shape index (κ2) is 14.2. The highest BCUT2D eigenvalue weighted by Gasteiger charge is 2.41. The summed E-state index contributed by atoms with van der Waals surface area (Å²) in [5.74, 6) is 0. The van der Waals surface area contributed by atoms with Gasteiger partial charge in [-0.3, -0.25) is 0 Å². The largest absolute Gasteiger partial charge is 0.310 e. The molecule has 0 saturated carbocycles. The lowest BCUT2D eigenvalue weighted by molar-refractivity contribution is 0.714. The van der Waals surface area contributed by atoms with E-state index >= 15 is 0 Å². The molecule has 10 aromatic rings. The van der Waals surface area contributed by atoms with E-state index in [9.17, 15) is 0 Å². The standard InChI is InChI=1S/C58H41N/c1-58(46-22-6-3-7-23-46)54-28-12-10-24-50(54)51-37-36-48(39-55(51)58)59(47-34-32-41(33-35-47)45-31-30-40-16-8-9-19-44(40)38-45)56-29-13-11-25-52(56)53-27-15-21-43-20-14-26-49(57(43)53)42-17-4-2-5-18-42/h2-39H,1H3. The van der Waals surface area contributed by atoms with Crippen molar-refractivity contribution < 1.29 is 0 Å². The molecule has 0 saturated heterocycles. The number of para-hydroxylation sites is 1. The molecule has 1 aliphatic rings. The summed E-state index contributed by atoms with van der Waals surface area (Å²) in [4.78, 5) is 2.47. The number of anilines is 3. The van der Waals surface area contributed by atoms with E-state index in [0.717, 1.165) is 17.1 Å². The van der Waals surface area contributed by atoms with Crippen LogP contribution in [0.25, 0.3) is 66.1 Å². The molecule has 0 radical (unpaired) electrons. The maximum absolute atomic E-state index is 2.47. The van der Waals surface area contributed by atoms with Gasteiger partial charge in [-0.25, -0.2) is 0 Å². The van der Waals surface area contributed by atoms with Crippen LogP contribution in [0.2, 0.25) is 0 Å². The fourth-order valence-electron chi connectivity index (χ4n) is 9.62. The summed E-state index contributed by atoms with van der Waals surface area (Å²) in [5.41, 5.74) is 16.8. The van der Waals surface area contributed by atoms with Gasteiger partial charge in [0.05, 0.1) is 5.69 Å². The highest BCUT2D eigenvalue weighted by Crippen LogP contribution is 2.54. The van der Waals surface area contributed by atoms with Crippen LogP contribution in [-0.2, 0) is 5.41 Å². The summed E-state index contributed by atoms with van der Waals surface area (Å²) in [6.45, 7) is 2.40. The monoisotopic (exact) mass is 751 g/mol. The van der Waals surface area contributed by atoms with Gasteiger partial charge in [-0.2, -0.15) is 0 Å². The molecule has 59 heavy (non-hydrogen) atoms. The molecule has 0 aliphatic heterocycles. The lowest BCUT2D eigenvalue weighted by Crippen LogP contribution is -2.22. The van der Waals surface area contributed by atoms with Crippen molar-refractivity contribution in [1.82, 2.24) is 0 Å². The Morgan fingerprint density at radius 1 is 0.322 bits per heavy atom. The highest BCUT2D eigenvalue weighted by atomic mass is 15.1. The fourth-order valence-corrected chi connectivity index (χ4v) is 9.62. The molecule has 1 aliphatic carbocycles. The first kappa shape index (κ1) is 34.7. The van der Waals surface area contributed by atoms with Crippen LogP contribution in [0, 0.1) is 0 Å². The average Bonchev–Trinajstić information content (AvgIpc) is 3.57. The second-order valence-corrected chi connectivity index (χ2v) is 15.8. The van der Waals surface area contributed by atoms with Gasteiger partial charge in [-0.15, -0.1) is 0 Å². The zero-order valence-corrected chi connectivity index (χ0v) is 32.9. The van der Waals surface area contributed by atoms with Gasteiger partial charge in [0, 0.05) is 22.4 Å². The van der Waals surface area contributed by atoms with E-state index in [2.05, 4.69) is 242 Å². The van der Waals surface area contributed by atoms with Crippen molar-refractivity contribution in [3.05, 3.63) is 247 Å². The molecule has 0 N–H and O–H groups in total. The number of rotatable bonds is 7. The van der Waals surface area contributed by atoms with Crippen LogP contribution in [0.1, 0.15) is 23.6 Å². The number of nitrogens with zero attached hydrogens (tertiary/aromatic N) is 1. The maximum atomic E-state index is 2.47. The first-order chi connectivity index (χ1) is 29.1.